The number of anilines is 1. The number of amides is 2. The second-order valence-corrected chi connectivity index (χ2v) is 6.27. The monoisotopic (exact) mass is 382 g/mol. The number of nitrogens with one attached hydrogen (secondary N) is 2. The molecule has 1 aromatic carbocycles. The van der Waals surface area contributed by atoms with Gasteiger partial charge in [0.25, 0.3) is 0 Å². The molecule has 0 saturated heterocycles. The third kappa shape index (κ3) is 6.20. The number of hydrogen-bond acceptors (Lipinski definition) is 6. The molecular weight excluding hydrogens is 364 g/mol. The molecule has 0 saturated carbocycles. The van der Waals surface area contributed by atoms with E-state index in [9.17, 15) is 29.1 Å². The first-order valence-corrected chi connectivity index (χ1v) is 8.53. The van der Waals surface area contributed by atoms with Crippen molar-refractivity contribution in [2.24, 2.45) is 0 Å². The Balaban J connectivity index is 2.79. The fourth-order valence-corrected chi connectivity index (χ4v) is 2.86. The van der Waals surface area contributed by atoms with Crippen LogP contribution in [0.4, 0.5) is 5.69 Å². The van der Waals surface area contributed by atoms with Crippen LogP contribution in [-0.4, -0.2) is 57.3 Å². The molecule has 0 aliphatic rings. The van der Waals surface area contributed by atoms with E-state index in [1.807, 2.05) is 0 Å². The van der Waals surface area contributed by atoms with Gasteiger partial charge in [0.2, 0.25) is 11.8 Å². The number of aliphatic carboxylic acids is 1. The molecule has 1 atom stereocenters. The summed E-state index contributed by atoms with van der Waals surface area (Å²) in [6.45, 7) is 2.43. The van der Waals surface area contributed by atoms with Crippen LogP contribution in [0.1, 0.15) is 34.6 Å². The normalized spacial score (nSPS) is 11.3. The molecule has 10 heteroatoms. The third-order valence-corrected chi connectivity index (χ3v) is 4.17. The number of benzene rings is 1. The van der Waals surface area contributed by atoms with Crippen molar-refractivity contribution in [3.8, 4) is 0 Å². The summed E-state index contributed by atoms with van der Waals surface area (Å²) in [6, 6.07) is 2.91. The molecular formula is C16H18N2O7S. The van der Waals surface area contributed by atoms with E-state index in [-0.39, 0.29) is 28.3 Å². The maximum atomic E-state index is 12.1. The number of carboxylic acid groups (broad SMARTS) is 2. The van der Waals surface area contributed by atoms with Crippen molar-refractivity contribution in [3.63, 3.8) is 0 Å². The van der Waals surface area contributed by atoms with E-state index in [1.54, 1.807) is 0 Å². The lowest BCUT2D eigenvalue weighted by molar-refractivity contribution is -0.140. The summed E-state index contributed by atoms with van der Waals surface area (Å²) >= 11 is 0.948. The summed E-state index contributed by atoms with van der Waals surface area (Å²) in [7, 11) is 0. The Labute approximate surface area is 153 Å². The summed E-state index contributed by atoms with van der Waals surface area (Å²) in [4.78, 5) is 57.0. The van der Waals surface area contributed by atoms with E-state index in [0.29, 0.717) is 0 Å². The van der Waals surface area contributed by atoms with Gasteiger partial charge < -0.3 is 20.8 Å². The second-order valence-electron chi connectivity index (χ2n) is 5.24. The molecule has 9 nitrogen and oxygen atoms in total. The summed E-state index contributed by atoms with van der Waals surface area (Å²) in [5.74, 6) is -4.29. The fourth-order valence-electron chi connectivity index (χ4n) is 2.02. The number of rotatable bonds is 9. The lowest BCUT2D eigenvalue weighted by Crippen LogP contribution is -2.41. The molecule has 4 N–H and O–H groups in total. The largest absolute Gasteiger partial charge is 0.480 e. The zero-order chi connectivity index (χ0) is 19.9. The molecule has 1 rings (SSSR count). The molecule has 1 unspecified atom stereocenters. The van der Waals surface area contributed by atoms with Gasteiger partial charge in [0.15, 0.2) is 5.78 Å². The van der Waals surface area contributed by atoms with Crippen LogP contribution >= 0.6 is 11.8 Å². The number of Topliss-reactive ketones (excluding diaryl/α,β-unsaturated/α-hetero) is 1. The van der Waals surface area contributed by atoms with Crippen LogP contribution < -0.4 is 10.6 Å². The molecule has 140 valence electrons. The Morgan fingerprint density at radius 3 is 2.19 bits per heavy atom. The molecule has 0 aromatic heterocycles. The number of thioether (sulfide) groups is 1. The highest BCUT2D eigenvalue weighted by Gasteiger charge is 2.21. The average molecular weight is 382 g/mol. The Hall–Kier alpha value is -2.88. The van der Waals surface area contributed by atoms with Crippen LogP contribution in [0.3, 0.4) is 0 Å². The van der Waals surface area contributed by atoms with E-state index in [0.717, 1.165) is 11.8 Å². The minimum absolute atomic E-state index is 0.0531. The SMILES string of the molecule is CC(=O)NC(CSCC(=O)Nc1c(C(C)=O)cccc1C(=O)O)C(=O)O. The van der Waals surface area contributed by atoms with Crippen molar-refractivity contribution >= 4 is 47.0 Å². The van der Waals surface area contributed by atoms with Gasteiger partial charge in [0, 0.05) is 18.2 Å². The van der Waals surface area contributed by atoms with Gasteiger partial charge in [-0.15, -0.1) is 11.8 Å². The van der Waals surface area contributed by atoms with Gasteiger partial charge in [-0.25, -0.2) is 9.59 Å². The minimum atomic E-state index is -1.30. The van der Waals surface area contributed by atoms with Gasteiger partial charge in [-0.05, 0) is 19.1 Å². The molecule has 0 heterocycles. The maximum absolute atomic E-state index is 12.1. The molecule has 2 amide bonds. The van der Waals surface area contributed by atoms with Gasteiger partial charge in [-0.2, -0.15) is 0 Å². The van der Waals surface area contributed by atoms with E-state index in [2.05, 4.69) is 10.6 Å². The van der Waals surface area contributed by atoms with Crippen LogP contribution in [0, 0.1) is 0 Å². The van der Waals surface area contributed by atoms with Crippen molar-refractivity contribution in [1.29, 1.82) is 0 Å². The number of carbonyl (C=O) groups is 5. The Bertz CT molecular complexity index is 716. The Morgan fingerprint density at radius 1 is 1.08 bits per heavy atom. The summed E-state index contributed by atoms with van der Waals surface area (Å²) < 4.78 is 0. The van der Waals surface area contributed by atoms with Crippen molar-refractivity contribution in [1.82, 2.24) is 5.32 Å². The number of carboxylic acids is 2. The Kier molecular flexibility index (Phi) is 7.78. The highest BCUT2D eigenvalue weighted by Crippen LogP contribution is 2.22. The molecule has 0 aliphatic carbocycles. The van der Waals surface area contributed by atoms with Crippen molar-refractivity contribution < 1.29 is 34.2 Å². The van der Waals surface area contributed by atoms with Gasteiger partial charge >= 0.3 is 11.9 Å². The topological polar surface area (TPSA) is 150 Å². The number of aromatic carboxylic acids is 1. The van der Waals surface area contributed by atoms with Gasteiger partial charge in [-0.1, -0.05) is 6.07 Å². The smallest absolute Gasteiger partial charge is 0.337 e. The van der Waals surface area contributed by atoms with Gasteiger partial charge in [0.05, 0.1) is 17.0 Å². The van der Waals surface area contributed by atoms with Gasteiger partial charge in [0.1, 0.15) is 6.04 Å². The summed E-state index contributed by atoms with van der Waals surface area (Å²) in [6.07, 6.45) is 0. The lowest BCUT2D eigenvalue weighted by Gasteiger charge is -2.14. The predicted octanol–water partition coefficient (Wildman–Crippen LogP) is 0.848. The first kappa shape index (κ1) is 21.2. The molecule has 26 heavy (non-hydrogen) atoms. The molecule has 0 aliphatic heterocycles. The fraction of sp³-hybridized carbons (Fsp3) is 0.312. The highest BCUT2D eigenvalue weighted by atomic mass is 32.2. The quantitative estimate of drug-likeness (QED) is 0.459. The van der Waals surface area contributed by atoms with Crippen molar-refractivity contribution in [2.75, 3.05) is 16.8 Å². The Morgan fingerprint density at radius 2 is 1.69 bits per heavy atom. The molecule has 0 fully saturated rings. The van der Waals surface area contributed by atoms with E-state index < -0.39 is 35.6 Å². The number of para-hydroxylation sites is 1. The first-order chi connectivity index (χ1) is 12.1. The van der Waals surface area contributed by atoms with Crippen molar-refractivity contribution in [3.05, 3.63) is 29.3 Å². The summed E-state index contributed by atoms with van der Waals surface area (Å²) in [5, 5.41) is 22.8. The number of ketones is 1. The molecule has 0 spiro atoms. The lowest BCUT2D eigenvalue weighted by atomic mass is 10.0. The van der Waals surface area contributed by atoms with Crippen LogP contribution in [0.25, 0.3) is 0 Å². The van der Waals surface area contributed by atoms with Gasteiger partial charge in [-0.3, -0.25) is 14.4 Å². The average Bonchev–Trinajstić information content (AvgIpc) is 2.53. The third-order valence-electron chi connectivity index (χ3n) is 3.13. The standard InChI is InChI=1S/C16H18N2O7S/c1-8(19)10-4-3-5-11(15(22)23)14(10)18-13(21)7-26-6-12(16(24)25)17-9(2)20/h3-5,12H,6-7H2,1-2H3,(H,17,20)(H,18,21)(H,22,23)(H,24,25). The summed E-state index contributed by atoms with van der Waals surface area (Å²) in [5.41, 5.74) is -0.266. The van der Waals surface area contributed by atoms with E-state index in [4.69, 9.17) is 5.11 Å². The molecule has 1 aromatic rings. The van der Waals surface area contributed by atoms with E-state index in [1.165, 1.54) is 32.0 Å². The van der Waals surface area contributed by atoms with Crippen LogP contribution in [0.15, 0.2) is 18.2 Å². The molecule has 0 bridgehead atoms. The second kappa shape index (κ2) is 9.56. The van der Waals surface area contributed by atoms with Crippen LogP contribution in [0.2, 0.25) is 0 Å². The number of carbonyl (C=O) groups excluding carboxylic acids is 3. The molecule has 0 radical (unpaired) electrons. The zero-order valence-corrected chi connectivity index (χ0v) is 14.9. The minimum Gasteiger partial charge on any atom is -0.480 e. The highest BCUT2D eigenvalue weighted by molar-refractivity contribution is 8.00. The first-order valence-electron chi connectivity index (χ1n) is 7.38. The number of hydrogen-bond donors (Lipinski definition) is 4. The van der Waals surface area contributed by atoms with E-state index >= 15 is 0 Å². The maximum Gasteiger partial charge on any atom is 0.337 e. The zero-order valence-electron chi connectivity index (χ0n) is 14.1. The predicted molar refractivity (Wildman–Crippen MR) is 94.6 cm³/mol. The van der Waals surface area contributed by atoms with Crippen LogP contribution in [0.5, 0.6) is 0 Å². The van der Waals surface area contributed by atoms with Crippen molar-refractivity contribution in [2.45, 2.75) is 19.9 Å². The van der Waals surface area contributed by atoms with Crippen LogP contribution in [-0.2, 0) is 14.4 Å².